The molecule has 0 atom stereocenters. The van der Waals surface area contributed by atoms with Gasteiger partial charge >= 0.3 is 0 Å². The molecule has 3 aromatic rings. The molecule has 0 radical (unpaired) electrons. The van der Waals surface area contributed by atoms with E-state index in [2.05, 4.69) is 25.6 Å². The van der Waals surface area contributed by atoms with Gasteiger partial charge < -0.3 is 10.6 Å². The van der Waals surface area contributed by atoms with Crippen molar-refractivity contribution in [2.45, 2.75) is 6.54 Å². The Balaban J connectivity index is 1.68. The first-order valence-corrected chi connectivity index (χ1v) is 7.64. The van der Waals surface area contributed by atoms with E-state index >= 15 is 0 Å². The lowest BCUT2D eigenvalue weighted by Crippen LogP contribution is -2.04. The lowest BCUT2D eigenvalue weighted by molar-refractivity contribution is 1.07. The van der Waals surface area contributed by atoms with Gasteiger partial charge in [0.05, 0.1) is 10.0 Å². The van der Waals surface area contributed by atoms with Crippen molar-refractivity contribution in [3.05, 3.63) is 70.6 Å². The van der Waals surface area contributed by atoms with Crippen molar-refractivity contribution >= 4 is 40.7 Å². The highest BCUT2D eigenvalue weighted by molar-refractivity contribution is 6.42. The maximum atomic E-state index is 6.00. The highest BCUT2D eigenvalue weighted by atomic mass is 35.5. The van der Waals surface area contributed by atoms with Crippen LogP contribution >= 0.6 is 23.2 Å². The van der Waals surface area contributed by atoms with E-state index < -0.39 is 0 Å². The summed E-state index contributed by atoms with van der Waals surface area (Å²) in [6, 6.07) is 11.0. The molecule has 1 aromatic carbocycles. The molecular weight excluding hydrogens is 333 g/mol. The molecule has 2 heterocycles. The standard InChI is InChI=1S/C16H13Cl2N5/c17-13-4-3-12(8-14(13)18)22-16-20-7-5-15(23-16)21-10-11-2-1-6-19-9-11/h1-9H,10H2,(H2,20,21,22,23). The predicted octanol–water partition coefficient (Wildman–Crippen LogP) is 4.53. The minimum absolute atomic E-state index is 0.472. The fraction of sp³-hybridized carbons (Fsp3) is 0.0625. The minimum atomic E-state index is 0.472. The van der Waals surface area contributed by atoms with E-state index in [9.17, 15) is 0 Å². The van der Waals surface area contributed by atoms with Crippen LogP contribution in [0.5, 0.6) is 0 Å². The van der Waals surface area contributed by atoms with E-state index in [-0.39, 0.29) is 0 Å². The summed E-state index contributed by atoms with van der Waals surface area (Å²) in [5, 5.41) is 7.30. The van der Waals surface area contributed by atoms with Crippen LogP contribution in [0.25, 0.3) is 0 Å². The summed E-state index contributed by atoms with van der Waals surface area (Å²) in [7, 11) is 0. The van der Waals surface area contributed by atoms with Crippen molar-refractivity contribution in [2.75, 3.05) is 10.6 Å². The summed E-state index contributed by atoms with van der Waals surface area (Å²) in [6.07, 6.45) is 5.23. The molecule has 2 N–H and O–H groups in total. The lowest BCUT2D eigenvalue weighted by atomic mass is 10.3. The van der Waals surface area contributed by atoms with E-state index in [0.29, 0.717) is 28.4 Å². The number of hydrogen-bond donors (Lipinski definition) is 2. The normalized spacial score (nSPS) is 10.3. The number of hydrogen-bond acceptors (Lipinski definition) is 5. The smallest absolute Gasteiger partial charge is 0.229 e. The number of benzene rings is 1. The summed E-state index contributed by atoms with van der Waals surface area (Å²) < 4.78 is 0. The third-order valence-corrected chi connectivity index (χ3v) is 3.77. The number of aromatic nitrogens is 3. The molecule has 0 aliphatic rings. The maximum Gasteiger partial charge on any atom is 0.229 e. The second-order valence-corrected chi connectivity index (χ2v) is 5.55. The quantitative estimate of drug-likeness (QED) is 0.710. The van der Waals surface area contributed by atoms with E-state index in [0.717, 1.165) is 11.3 Å². The summed E-state index contributed by atoms with van der Waals surface area (Å²) in [6.45, 7) is 0.636. The van der Waals surface area contributed by atoms with E-state index in [1.807, 2.05) is 24.4 Å². The van der Waals surface area contributed by atoms with Crippen LogP contribution in [0.1, 0.15) is 5.56 Å². The Morgan fingerprint density at radius 3 is 2.70 bits per heavy atom. The molecule has 0 fully saturated rings. The Morgan fingerprint density at radius 2 is 1.91 bits per heavy atom. The zero-order valence-corrected chi connectivity index (χ0v) is 13.5. The molecule has 0 spiro atoms. The molecule has 5 nitrogen and oxygen atoms in total. The monoisotopic (exact) mass is 345 g/mol. The Morgan fingerprint density at radius 1 is 1.00 bits per heavy atom. The van der Waals surface area contributed by atoms with Gasteiger partial charge in [-0.2, -0.15) is 4.98 Å². The average Bonchev–Trinajstić information content (AvgIpc) is 2.58. The number of anilines is 3. The second kappa shape index (κ2) is 7.26. The summed E-state index contributed by atoms with van der Waals surface area (Å²) in [5.74, 6) is 1.19. The largest absolute Gasteiger partial charge is 0.366 e. The van der Waals surface area contributed by atoms with Crippen molar-refractivity contribution in [1.82, 2.24) is 15.0 Å². The van der Waals surface area contributed by atoms with E-state index in [4.69, 9.17) is 23.2 Å². The van der Waals surface area contributed by atoms with Crippen LogP contribution in [-0.4, -0.2) is 15.0 Å². The Hall–Kier alpha value is -2.37. The molecule has 0 aliphatic carbocycles. The van der Waals surface area contributed by atoms with Gasteiger partial charge in [0, 0.05) is 30.8 Å². The number of pyridine rings is 1. The first-order valence-electron chi connectivity index (χ1n) is 6.88. The molecule has 0 unspecified atom stereocenters. The fourth-order valence-electron chi connectivity index (χ4n) is 1.92. The summed E-state index contributed by atoms with van der Waals surface area (Å²) in [4.78, 5) is 12.7. The van der Waals surface area contributed by atoms with Gasteiger partial charge in [-0.25, -0.2) is 4.98 Å². The predicted molar refractivity (Wildman–Crippen MR) is 93.3 cm³/mol. The molecule has 0 aliphatic heterocycles. The highest BCUT2D eigenvalue weighted by Gasteiger charge is 2.03. The topological polar surface area (TPSA) is 62.7 Å². The minimum Gasteiger partial charge on any atom is -0.366 e. The number of nitrogens with zero attached hydrogens (tertiary/aromatic N) is 3. The van der Waals surface area contributed by atoms with Gasteiger partial charge in [0.15, 0.2) is 0 Å². The van der Waals surface area contributed by atoms with Gasteiger partial charge in [-0.3, -0.25) is 4.98 Å². The molecule has 0 saturated carbocycles. The molecule has 0 amide bonds. The molecule has 7 heteroatoms. The number of nitrogens with one attached hydrogen (secondary N) is 2. The zero-order valence-electron chi connectivity index (χ0n) is 12.0. The van der Waals surface area contributed by atoms with Crippen molar-refractivity contribution in [1.29, 1.82) is 0 Å². The highest BCUT2D eigenvalue weighted by Crippen LogP contribution is 2.26. The summed E-state index contributed by atoms with van der Waals surface area (Å²) in [5.41, 5.74) is 1.84. The van der Waals surface area contributed by atoms with E-state index in [1.54, 1.807) is 30.6 Å². The van der Waals surface area contributed by atoms with Crippen LogP contribution in [0, 0.1) is 0 Å². The van der Waals surface area contributed by atoms with Crippen molar-refractivity contribution in [3.63, 3.8) is 0 Å². The molecule has 2 aromatic heterocycles. The van der Waals surface area contributed by atoms with Crippen LogP contribution in [0.15, 0.2) is 55.0 Å². The molecule has 0 saturated heterocycles. The second-order valence-electron chi connectivity index (χ2n) is 4.73. The van der Waals surface area contributed by atoms with Crippen LogP contribution in [-0.2, 0) is 6.54 Å². The molecule has 0 bridgehead atoms. The molecule has 3 rings (SSSR count). The SMILES string of the molecule is Clc1ccc(Nc2nccc(NCc3cccnc3)n2)cc1Cl. The Kier molecular flexibility index (Phi) is 4.90. The third-order valence-electron chi connectivity index (χ3n) is 3.03. The van der Waals surface area contributed by atoms with Gasteiger partial charge in [0.2, 0.25) is 5.95 Å². The van der Waals surface area contributed by atoms with Crippen LogP contribution in [0.2, 0.25) is 10.0 Å². The van der Waals surface area contributed by atoms with Crippen molar-refractivity contribution < 1.29 is 0 Å². The van der Waals surface area contributed by atoms with Gasteiger partial charge in [0.1, 0.15) is 5.82 Å². The lowest BCUT2D eigenvalue weighted by Gasteiger charge is -2.09. The number of halogens is 2. The average molecular weight is 346 g/mol. The van der Waals surface area contributed by atoms with Crippen LogP contribution in [0.3, 0.4) is 0 Å². The zero-order chi connectivity index (χ0) is 16.1. The Labute approximate surface area is 143 Å². The molecule has 23 heavy (non-hydrogen) atoms. The van der Waals surface area contributed by atoms with Crippen LogP contribution in [0.4, 0.5) is 17.5 Å². The van der Waals surface area contributed by atoms with Crippen molar-refractivity contribution in [2.24, 2.45) is 0 Å². The Bertz CT molecular complexity index is 795. The molecule has 116 valence electrons. The maximum absolute atomic E-state index is 6.00. The fourth-order valence-corrected chi connectivity index (χ4v) is 2.21. The van der Waals surface area contributed by atoms with E-state index in [1.165, 1.54) is 0 Å². The van der Waals surface area contributed by atoms with Crippen molar-refractivity contribution in [3.8, 4) is 0 Å². The first-order chi connectivity index (χ1) is 11.2. The van der Waals surface area contributed by atoms with Gasteiger partial charge in [-0.05, 0) is 35.9 Å². The summed E-state index contributed by atoms with van der Waals surface area (Å²) >= 11 is 11.9. The van der Waals surface area contributed by atoms with Crippen LogP contribution < -0.4 is 10.6 Å². The van der Waals surface area contributed by atoms with Gasteiger partial charge in [-0.15, -0.1) is 0 Å². The third kappa shape index (κ3) is 4.31. The number of rotatable bonds is 5. The first kappa shape index (κ1) is 15.5. The van der Waals surface area contributed by atoms with Gasteiger partial charge in [-0.1, -0.05) is 29.3 Å². The van der Waals surface area contributed by atoms with Gasteiger partial charge in [0.25, 0.3) is 0 Å². The molecular formula is C16H13Cl2N5.